The molecule has 3 aliphatic rings. The first-order valence-corrected chi connectivity index (χ1v) is 20.9. The van der Waals surface area contributed by atoms with E-state index in [1.807, 2.05) is 12.1 Å². The van der Waals surface area contributed by atoms with Gasteiger partial charge in [-0.3, -0.25) is 28.6 Å². The van der Waals surface area contributed by atoms with Crippen LogP contribution in [0.15, 0.2) is 52.2 Å². The second-order valence-corrected chi connectivity index (χ2v) is 16.9. The molecule has 2 aromatic carbocycles. The van der Waals surface area contributed by atoms with E-state index in [9.17, 15) is 24.3 Å². The first-order chi connectivity index (χ1) is 24.7. The van der Waals surface area contributed by atoms with Crippen LogP contribution in [-0.2, 0) is 20.9 Å². The Kier molecular flexibility index (Phi) is 12.4. The molecule has 2 atom stereocenters. The number of carbonyl (C=O) groups is 3. The Balaban J connectivity index is 1.20. The number of rotatable bonds is 16. The van der Waals surface area contributed by atoms with Crippen LogP contribution in [-0.4, -0.2) is 60.7 Å². The first kappa shape index (κ1) is 37.4. The summed E-state index contributed by atoms with van der Waals surface area (Å²) in [7, 11) is 0. The van der Waals surface area contributed by atoms with E-state index in [0.717, 1.165) is 92.9 Å². The summed E-state index contributed by atoms with van der Waals surface area (Å²) in [6.07, 6.45) is 15.0. The monoisotopic (exact) mass is 765 g/mol. The zero-order valence-electron chi connectivity index (χ0n) is 28.7. The maximum Gasteiger partial charge on any atom is 0.323 e. The number of unbranched alkanes of at least 4 members (excludes halogenated alkanes) is 7. The van der Waals surface area contributed by atoms with Gasteiger partial charge in [-0.15, -0.1) is 23.1 Å². The van der Waals surface area contributed by atoms with Gasteiger partial charge < -0.3 is 15.1 Å². The van der Waals surface area contributed by atoms with Crippen LogP contribution in [0.3, 0.4) is 0 Å². The molecule has 1 aliphatic carbocycles. The molecule has 2 N–H and O–H groups in total. The van der Waals surface area contributed by atoms with Crippen LogP contribution in [0, 0.1) is 0 Å². The topological polar surface area (TPSA) is 120 Å². The molecule has 3 aromatic rings. The molecular formula is C38H43N3O6S4. The number of carboxylic acid groups (broad SMARTS) is 2. The van der Waals surface area contributed by atoms with Gasteiger partial charge in [-0.05, 0) is 85.5 Å². The second-order valence-electron chi connectivity index (χ2n) is 13.3. The van der Waals surface area contributed by atoms with Gasteiger partial charge in [0.15, 0.2) is 0 Å². The van der Waals surface area contributed by atoms with Crippen molar-refractivity contribution < 1.29 is 24.6 Å². The highest BCUT2D eigenvalue weighted by atomic mass is 32.2. The summed E-state index contributed by atoms with van der Waals surface area (Å²) in [6, 6.07) is 15.4. The molecule has 51 heavy (non-hydrogen) atoms. The molecule has 3 heterocycles. The Morgan fingerprint density at radius 2 is 1.65 bits per heavy atom. The van der Waals surface area contributed by atoms with Gasteiger partial charge in [0.1, 0.15) is 20.4 Å². The molecule has 0 bridgehead atoms. The number of nitrogens with zero attached hydrogens (tertiary/aromatic N) is 3. The lowest BCUT2D eigenvalue weighted by Gasteiger charge is -2.27. The summed E-state index contributed by atoms with van der Waals surface area (Å²) >= 11 is 9.59. The Morgan fingerprint density at radius 3 is 2.33 bits per heavy atom. The second kappa shape index (κ2) is 17.0. The standard InChI is InChI=1S/C38H43N3O6S4/c1-49-26-17-15-25(16-18-26)41-29-12-10-11-27(29)28-21-24(14-19-30(28)41)22-31-35(46)40(23-33(44)45)37(50-31)34-36(47)39(38(48)51-34)20-9-7-5-3-2-4-6-8-13-32(42)43/h14-19,21-22,27,29H,2-13,20,23H2,1H3,(H,42,43)(H,44,45)/b31-22-,37-34+. The van der Waals surface area contributed by atoms with Gasteiger partial charge in [0.05, 0.1) is 4.53 Å². The summed E-state index contributed by atoms with van der Waals surface area (Å²) in [4.78, 5) is 55.4. The highest BCUT2D eigenvalue weighted by Crippen LogP contribution is 2.52. The average molecular weight is 766 g/mol. The van der Waals surface area contributed by atoms with Gasteiger partial charge in [-0.2, -0.15) is 0 Å². The number of aromatic nitrogens is 1. The van der Waals surface area contributed by atoms with Crippen LogP contribution in [0.2, 0.25) is 0 Å². The third-order valence-electron chi connectivity index (χ3n) is 9.94. The number of amides is 1. The molecule has 0 radical (unpaired) electrons. The predicted octanol–water partition coefficient (Wildman–Crippen LogP) is 6.90. The lowest BCUT2D eigenvalue weighted by atomic mass is 9.96. The van der Waals surface area contributed by atoms with E-state index in [1.54, 1.807) is 16.7 Å². The lowest BCUT2D eigenvalue weighted by Crippen LogP contribution is -2.35. The van der Waals surface area contributed by atoms with Gasteiger partial charge in [-0.25, -0.2) is 0 Å². The van der Waals surface area contributed by atoms with Crippen molar-refractivity contribution >= 4 is 91.6 Å². The molecule has 1 amide bonds. The number of aliphatic carboxylic acids is 2. The zero-order chi connectivity index (χ0) is 36.1. The SMILES string of the molecule is CSc1ccc(N2c3ccc(/C=c4\s/c(=C5/SC(=S)N(CCCCCCCCCCC(=O)O)C5=O)n(CC(=O)O)c4=O)cc3C3CCCC32)cc1. The maximum absolute atomic E-state index is 13.7. The van der Waals surface area contributed by atoms with Gasteiger partial charge in [0.2, 0.25) is 0 Å². The van der Waals surface area contributed by atoms with E-state index >= 15 is 0 Å². The first-order valence-electron chi connectivity index (χ1n) is 17.7. The van der Waals surface area contributed by atoms with Crippen LogP contribution in [0.5, 0.6) is 0 Å². The number of thioether (sulfide) groups is 2. The Labute approximate surface area is 315 Å². The van der Waals surface area contributed by atoms with E-state index in [0.29, 0.717) is 43.3 Å². The fourth-order valence-electron chi connectivity index (χ4n) is 7.49. The minimum Gasteiger partial charge on any atom is -0.481 e. The average Bonchev–Trinajstić information content (AvgIpc) is 3.85. The minimum absolute atomic E-state index is 0.224. The van der Waals surface area contributed by atoms with Crippen molar-refractivity contribution in [3.63, 3.8) is 0 Å². The van der Waals surface area contributed by atoms with Crippen molar-refractivity contribution in [2.24, 2.45) is 0 Å². The number of benzene rings is 2. The largest absolute Gasteiger partial charge is 0.481 e. The summed E-state index contributed by atoms with van der Waals surface area (Å²) < 4.78 is 2.32. The molecule has 1 aromatic heterocycles. The zero-order valence-corrected chi connectivity index (χ0v) is 31.9. The molecule has 2 fully saturated rings. The molecular weight excluding hydrogens is 723 g/mol. The number of anilines is 2. The Bertz CT molecular complexity index is 1990. The maximum atomic E-state index is 13.7. The van der Waals surface area contributed by atoms with E-state index in [-0.39, 0.29) is 12.3 Å². The number of hydrogen-bond acceptors (Lipinski definition) is 9. The number of hydrogen-bond donors (Lipinski definition) is 2. The van der Waals surface area contributed by atoms with Gasteiger partial charge in [0.25, 0.3) is 11.5 Å². The van der Waals surface area contributed by atoms with Gasteiger partial charge >= 0.3 is 11.9 Å². The summed E-state index contributed by atoms with van der Waals surface area (Å²) in [5.74, 6) is -1.79. The molecule has 9 nitrogen and oxygen atoms in total. The van der Waals surface area contributed by atoms with Crippen LogP contribution in [0.1, 0.15) is 94.1 Å². The number of fused-ring (bicyclic) bond motifs is 3. The normalized spacial score (nSPS) is 19.7. The Hall–Kier alpha value is -3.39. The Morgan fingerprint density at radius 1 is 0.941 bits per heavy atom. The van der Waals surface area contributed by atoms with E-state index in [2.05, 4.69) is 47.6 Å². The van der Waals surface area contributed by atoms with E-state index in [4.69, 9.17) is 17.3 Å². The molecule has 270 valence electrons. The summed E-state index contributed by atoms with van der Waals surface area (Å²) in [5, 5.41) is 18.5. The van der Waals surface area contributed by atoms with Crippen molar-refractivity contribution in [3.05, 3.63) is 73.1 Å². The van der Waals surface area contributed by atoms with E-state index in [1.165, 1.54) is 26.4 Å². The molecule has 1 saturated carbocycles. The van der Waals surface area contributed by atoms with Crippen molar-refractivity contribution in [1.82, 2.24) is 9.47 Å². The highest BCUT2D eigenvalue weighted by Gasteiger charge is 2.42. The summed E-state index contributed by atoms with van der Waals surface area (Å²) in [6.45, 7) is -0.0759. The van der Waals surface area contributed by atoms with Crippen LogP contribution >= 0.6 is 47.1 Å². The summed E-state index contributed by atoms with van der Waals surface area (Å²) in [5.41, 5.74) is 4.10. The van der Waals surface area contributed by atoms with Crippen molar-refractivity contribution in [3.8, 4) is 0 Å². The lowest BCUT2D eigenvalue weighted by molar-refractivity contribution is -0.138. The number of carboxylic acids is 2. The fraction of sp³-hybridized carbons (Fsp3) is 0.447. The number of carbonyl (C=O) groups excluding carboxylic acids is 1. The fourth-order valence-corrected chi connectivity index (χ4v) is 10.5. The van der Waals surface area contributed by atoms with Crippen LogP contribution < -0.4 is 19.7 Å². The van der Waals surface area contributed by atoms with Crippen molar-refractivity contribution in [2.45, 2.75) is 100 Å². The smallest absolute Gasteiger partial charge is 0.323 e. The van der Waals surface area contributed by atoms with Crippen molar-refractivity contribution in [1.29, 1.82) is 0 Å². The van der Waals surface area contributed by atoms with Crippen LogP contribution in [0.4, 0.5) is 11.4 Å². The third kappa shape index (κ3) is 8.48. The highest BCUT2D eigenvalue weighted by molar-refractivity contribution is 8.30. The molecule has 6 rings (SSSR count). The number of thiazole rings is 1. The van der Waals surface area contributed by atoms with Gasteiger partial charge in [-0.1, -0.05) is 75.0 Å². The van der Waals surface area contributed by atoms with Crippen molar-refractivity contribution in [2.75, 3.05) is 17.7 Å². The third-order valence-corrected chi connectivity index (χ3v) is 13.4. The quantitative estimate of drug-likeness (QED) is 0.0906. The molecule has 0 spiro atoms. The molecule has 2 aliphatic heterocycles. The van der Waals surface area contributed by atoms with Gasteiger partial charge in [0, 0.05) is 41.2 Å². The molecule has 2 unspecified atom stereocenters. The minimum atomic E-state index is -1.16. The number of thiocarbonyl (C=S) groups is 1. The molecule has 1 saturated heterocycles. The van der Waals surface area contributed by atoms with E-state index < -0.39 is 24.0 Å². The predicted molar refractivity (Wildman–Crippen MR) is 211 cm³/mol. The molecule has 13 heteroatoms. The van der Waals surface area contributed by atoms with Crippen LogP contribution in [0.25, 0.3) is 11.0 Å².